The minimum absolute atomic E-state index is 0.203. The van der Waals surface area contributed by atoms with Crippen LogP contribution in [-0.2, 0) is 0 Å². The van der Waals surface area contributed by atoms with E-state index < -0.39 is 0 Å². The van der Waals surface area contributed by atoms with Crippen LogP contribution < -0.4 is 10.5 Å². The summed E-state index contributed by atoms with van der Waals surface area (Å²) in [5.74, 6) is 0.394. The molecule has 0 radical (unpaired) electrons. The molecule has 0 aliphatic carbocycles. The zero-order chi connectivity index (χ0) is 13.1. The Balaban J connectivity index is 2.34. The molecular weight excluding hydrogens is 299 g/mol. The molecule has 18 heavy (non-hydrogen) atoms. The summed E-state index contributed by atoms with van der Waals surface area (Å²) >= 11 is 3.21. The van der Waals surface area contributed by atoms with Gasteiger partial charge in [0.2, 0.25) is 5.88 Å². The van der Waals surface area contributed by atoms with Crippen LogP contribution in [0.3, 0.4) is 0 Å². The Hall–Kier alpha value is -1.46. The molecule has 1 atom stereocenters. The van der Waals surface area contributed by atoms with Crippen LogP contribution in [0.1, 0.15) is 18.5 Å². The van der Waals surface area contributed by atoms with Crippen LogP contribution in [-0.4, -0.2) is 4.98 Å². The van der Waals surface area contributed by atoms with E-state index >= 15 is 0 Å². The molecule has 0 amide bonds. The van der Waals surface area contributed by atoms with Gasteiger partial charge in [-0.3, -0.25) is 0 Å². The second-order valence-corrected chi connectivity index (χ2v) is 4.81. The van der Waals surface area contributed by atoms with Gasteiger partial charge in [-0.1, -0.05) is 22.0 Å². The summed E-state index contributed by atoms with van der Waals surface area (Å²) in [6, 6.07) is 7.74. The number of rotatable bonds is 3. The molecule has 94 valence electrons. The lowest BCUT2D eigenvalue weighted by Crippen LogP contribution is -2.07. The molecule has 1 unspecified atom stereocenters. The van der Waals surface area contributed by atoms with Gasteiger partial charge in [0.25, 0.3) is 0 Å². The summed E-state index contributed by atoms with van der Waals surface area (Å²) in [4.78, 5) is 4.11. The van der Waals surface area contributed by atoms with E-state index in [1.54, 1.807) is 18.3 Å². The Morgan fingerprint density at radius 1 is 1.39 bits per heavy atom. The molecule has 0 saturated carbocycles. The smallest absolute Gasteiger partial charge is 0.223 e. The van der Waals surface area contributed by atoms with Crippen molar-refractivity contribution in [3.05, 3.63) is 52.4 Å². The van der Waals surface area contributed by atoms with Gasteiger partial charge in [0.15, 0.2) is 0 Å². The van der Waals surface area contributed by atoms with Gasteiger partial charge in [-0.25, -0.2) is 9.37 Å². The lowest BCUT2D eigenvalue weighted by molar-refractivity contribution is 0.447. The summed E-state index contributed by atoms with van der Waals surface area (Å²) in [5, 5.41) is 0. The van der Waals surface area contributed by atoms with Crippen LogP contribution in [0.2, 0.25) is 0 Å². The summed E-state index contributed by atoms with van der Waals surface area (Å²) < 4.78 is 19.4. The summed E-state index contributed by atoms with van der Waals surface area (Å²) in [5.41, 5.74) is 6.60. The number of nitrogens with two attached hydrogens (primary N) is 1. The van der Waals surface area contributed by atoms with Crippen LogP contribution in [0.25, 0.3) is 0 Å². The molecule has 0 bridgehead atoms. The Morgan fingerprint density at radius 2 is 2.17 bits per heavy atom. The molecule has 1 heterocycles. The van der Waals surface area contributed by atoms with Crippen molar-refractivity contribution < 1.29 is 9.13 Å². The predicted molar refractivity (Wildman–Crippen MR) is 71.0 cm³/mol. The van der Waals surface area contributed by atoms with Crippen molar-refractivity contribution in [3.8, 4) is 11.6 Å². The first kappa shape index (κ1) is 13.0. The Morgan fingerprint density at radius 3 is 2.83 bits per heavy atom. The van der Waals surface area contributed by atoms with Crippen molar-refractivity contribution in [1.29, 1.82) is 0 Å². The highest BCUT2D eigenvalue weighted by Crippen LogP contribution is 2.28. The van der Waals surface area contributed by atoms with Crippen molar-refractivity contribution in [2.45, 2.75) is 13.0 Å². The first-order valence-electron chi connectivity index (χ1n) is 5.40. The highest BCUT2D eigenvalue weighted by molar-refractivity contribution is 9.10. The van der Waals surface area contributed by atoms with E-state index in [2.05, 4.69) is 20.9 Å². The SMILES string of the molecule is CC(N)c1cccnc1Oc1cc(F)cc(Br)c1. The molecular formula is C13H12BrFN2O. The number of ether oxygens (including phenoxy) is 1. The highest BCUT2D eigenvalue weighted by Gasteiger charge is 2.10. The quantitative estimate of drug-likeness (QED) is 0.938. The monoisotopic (exact) mass is 310 g/mol. The molecule has 0 saturated heterocycles. The first-order valence-corrected chi connectivity index (χ1v) is 6.20. The van der Waals surface area contributed by atoms with E-state index in [-0.39, 0.29) is 11.9 Å². The van der Waals surface area contributed by atoms with Crippen LogP contribution >= 0.6 is 15.9 Å². The van der Waals surface area contributed by atoms with E-state index in [0.717, 1.165) is 5.56 Å². The zero-order valence-corrected chi connectivity index (χ0v) is 11.3. The number of aromatic nitrogens is 1. The maximum atomic E-state index is 13.2. The predicted octanol–water partition coefficient (Wildman–Crippen LogP) is 3.80. The van der Waals surface area contributed by atoms with E-state index in [4.69, 9.17) is 10.5 Å². The lowest BCUT2D eigenvalue weighted by Gasteiger charge is -2.12. The number of nitrogens with zero attached hydrogens (tertiary/aromatic N) is 1. The third-order valence-electron chi connectivity index (χ3n) is 2.34. The van der Waals surface area contributed by atoms with Crippen LogP contribution in [0.5, 0.6) is 11.6 Å². The van der Waals surface area contributed by atoms with Crippen molar-refractivity contribution >= 4 is 15.9 Å². The lowest BCUT2D eigenvalue weighted by atomic mass is 10.1. The highest BCUT2D eigenvalue weighted by atomic mass is 79.9. The minimum atomic E-state index is -0.377. The Bertz CT molecular complexity index is 540. The van der Waals surface area contributed by atoms with Crippen molar-refractivity contribution in [2.75, 3.05) is 0 Å². The number of benzene rings is 1. The van der Waals surface area contributed by atoms with E-state index in [1.807, 2.05) is 13.0 Å². The molecule has 0 fully saturated rings. The molecule has 1 aromatic heterocycles. The zero-order valence-electron chi connectivity index (χ0n) is 9.73. The Labute approximate surface area is 113 Å². The number of halogens is 2. The van der Waals surface area contributed by atoms with E-state index in [9.17, 15) is 4.39 Å². The second-order valence-electron chi connectivity index (χ2n) is 3.89. The van der Waals surface area contributed by atoms with Crippen molar-refractivity contribution in [3.63, 3.8) is 0 Å². The van der Waals surface area contributed by atoms with Gasteiger partial charge >= 0.3 is 0 Å². The third kappa shape index (κ3) is 3.05. The summed E-state index contributed by atoms with van der Waals surface area (Å²) in [6.07, 6.45) is 1.61. The molecule has 1 aromatic carbocycles. The topological polar surface area (TPSA) is 48.1 Å². The van der Waals surface area contributed by atoms with Gasteiger partial charge in [-0.2, -0.15) is 0 Å². The van der Waals surface area contributed by atoms with Gasteiger partial charge in [-0.15, -0.1) is 0 Å². The standard InChI is InChI=1S/C13H12BrFN2O/c1-8(16)12-3-2-4-17-13(12)18-11-6-9(14)5-10(15)7-11/h2-8H,16H2,1H3. The summed E-state index contributed by atoms with van der Waals surface area (Å²) in [7, 11) is 0. The fraction of sp³-hybridized carbons (Fsp3) is 0.154. The second kappa shape index (κ2) is 5.46. The third-order valence-corrected chi connectivity index (χ3v) is 2.80. The van der Waals surface area contributed by atoms with Crippen LogP contribution in [0, 0.1) is 5.82 Å². The molecule has 2 rings (SSSR count). The van der Waals surface area contributed by atoms with E-state index in [0.29, 0.717) is 16.1 Å². The number of hydrogen-bond donors (Lipinski definition) is 1. The molecule has 0 aliphatic heterocycles. The molecule has 0 aliphatic rings. The first-order chi connectivity index (χ1) is 8.56. The average molecular weight is 311 g/mol. The molecule has 3 nitrogen and oxygen atoms in total. The van der Waals surface area contributed by atoms with Gasteiger partial charge in [0.05, 0.1) is 0 Å². The van der Waals surface area contributed by atoms with Gasteiger partial charge in [0.1, 0.15) is 11.6 Å². The summed E-state index contributed by atoms with van der Waals surface area (Å²) in [6.45, 7) is 1.84. The molecule has 2 aromatic rings. The normalized spacial score (nSPS) is 12.2. The molecule has 5 heteroatoms. The average Bonchev–Trinajstić information content (AvgIpc) is 2.27. The minimum Gasteiger partial charge on any atom is -0.439 e. The largest absolute Gasteiger partial charge is 0.439 e. The van der Waals surface area contributed by atoms with Crippen molar-refractivity contribution in [2.24, 2.45) is 5.73 Å². The van der Waals surface area contributed by atoms with Gasteiger partial charge in [0, 0.05) is 28.3 Å². The van der Waals surface area contributed by atoms with Gasteiger partial charge < -0.3 is 10.5 Å². The van der Waals surface area contributed by atoms with E-state index in [1.165, 1.54) is 12.1 Å². The number of pyridine rings is 1. The van der Waals surface area contributed by atoms with Crippen molar-refractivity contribution in [1.82, 2.24) is 4.98 Å². The maximum Gasteiger partial charge on any atom is 0.223 e. The fourth-order valence-corrected chi connectivity index (χ4v) is 1.98. The number of hydrogen-bond acceptors (Lipinski definition) is 3. The molecule has 2 N–H and O–H groups in total. The maximum absolute atomic E-state index is 13.2. The van der Waals surface area contributed by atoms with Crippen LogP contribution in [0.15, 0.2) is 41.0 Å². The molecule has 0 spiro atoms. The fourth-order valence-electron chi connectivity index (χ4n) is 1.53. The Kier molecular flexibility index (Phi) is 3.93. The van der Waals surface area contributed by atoms with Crippen LogP contribution in [0.4, 0.5) is 4.39 Å². The van der Waals surface area contributed by atoms with Gasteiger partial charge in [-0.05, 0) is 25.1 Å².